The minimum Gasteiger partial charge on any atom is -0.507 e. The number of fused-ring (bicyclic) bond motifs is 11. The van der Waals surface area contributed by atoms with Gasteiger partial charge in [0.15, 0.2) is 5.71 Å². The number of para-hydroxylation sites is 3. The van der Waals surface area contributed by atoms with Crippen molar-refractivity contribution in [2.75, 3.05) is 7.05 Å². The van der Waals surface area contributed by atoms with E-state index in [0.29, 0.717) is 27.8 Å². The van der Waals surface area contributed by atoms with Crippen LogP contribution in [0.5, 0.6) is 28.7 Å². The summed E-state index contributed by atoms with van der Waals surface area (Å²) in [6.45, 7) is 4.25. The fourth-order valence-electron chi connectivity index (χ4n) is 8.81. The maximum atomic E-state index is 12.7. The maximum Gasteiger partial charge on any atom is 0.425 e. The molecule has 8 rings (SSSR count). The molecule has 6 aromatic carbocycles. The Labute approximate surface area is 405 Å². The van der Waals surface area contributed by atoms with E-state index in [1.807, 2.05) is 37.4 Å². The standard InChI is InChI=1S/C48H43NO11S2.2O3S/c1-48(2)40-12-4-5-13-41(40)49(3)42(48)15-14-27-16-32-19-30-10-6-8-28(43(30)50)18-29-9-7-11-31(44(29)51)20-34-23-38(61(55,56)57)25-36(46(34)53)22-37-26-39(62(58,59)60)24-35(47(37)54)21-33(17-27)45(32)52;2*1-4(2)3/h4-17,23-26H,18-22H2,1-3H3,(H6,50,51,53,54,55,56,57,58,59,60);;/p+1. The Morgan fingerprint density at radius 3 is 1.11 bits per heavy atom. The van der Waals surface area contributed by atoms with Crippen LogP contribution in [0.15, 0.2) is 113 Å². The fourth-order valence-corrected chi connectivity index (χ4v) is 9.97. The van der Waals surface area contributed by atoms with E-state index in [1.165, 1.54) is 0 Å². The highest BCUT2D eigenvalue weighted by atomic mass is 32.2. The third-order valence-corrected chi connectivity index (χ3v) is 13.7. The van der Waals surface area contributed by atoms with E-state index in [1.54, 1.807) is 48.5 Å². The highest BCUT2D eigenvalue weighted by molar-refractivity contribution is 7.86. The Hall–Kier alpha value is -7.21. The van der Waals surface area contributed by atoms with Crippen LogP contribution in [0.4, 0.5) is 5.69 Å². The molecule has 0 saturated heterocycles. The second-order valence-corrected chi connectivity index (χ2v) is 20.5. The molecule has 1 aliphatic carbocycles. The number of benzene rings is 6. The topological polar surface area (TPSA) is 315 Å². The molecule has 18 nitrogen and oxygen atoms in total. The van der Waals surface area contributed by atoms with Crippen LogP contribution in [0.2, 0.25) is 0 Å². The lowest BCUT2D eigenvalue weighted by Gasteiger charge is -2.18. The van der Waals surface area contributed by atoms with E-state index in [2.05, 4.69) is 24.5 Å². The van der Waals surface area contributed by atoms with E-state index in [4.69, 9.17) is 25.3 Å². The third-order valence-electron chi connectivity index (χ3n) is 12.1. The van der Waals surface area contributed by atoms with Crippen molar-refractivity contribution in [2.24, 2.45) is 0 Å². The molecule has 1 aliphatic heterocycles. The van der Waals surface area contributed by atoms with Gasteiger partial charge in [-0.3, -0.25) is 9.11 Å². The highest BCUT2D eigenvalue weighted by Crippen LogP contribution is 2.42. The minimum atomic E-state index is -4.92. The third kappa shape index (κ3) is 11.6. The summed E-state index contributed by atoms with van der Waals surface area (Å²) in [7, 11) is -14.0. The average molecular weight is 1040 g/mol. The van der Waals surface area contributed by atoms with Crippen LogP contribution in [-0.2, 0) is 79.0 Å². The fraction of sp³-hybridized carbons (Fsp3) is 0.188. The number of phenols is 5. The summed E-state index contributed by atoms with van der Waals surface area (Å²) in [4.78, 5) is -1.23. The molecule has 0 fully saturated rings. The number of hydrogen-bond acceptors (Lipinski definition) is 15. The van der Waals surface area contributed by atoms with Crippen LogP contribution >= 0.6 is 0 Å². The van der Waals surface area contributed by atoms with Crippen molar-refractivity contribution in [3.8, 4) is 28.7 Å². The summed E-state index contributed by atoms with van der Waals surface area (Å²) in [6, 6.07) is 25.7. The molecule has 10 bridgehead atoms. The van der Waals surface area contributed by atoms with Gasteiger partial charge in [-0.05, 0) is 95.3 Å². The smallest absolute Gasteiger partial charge is 0.425 e. The van der Waals surface area contributed by atoms with Gasteiger partial charge in [0, 0.05) is 72.1 Å². The van der Waals surface area contributed by atoms with E-state index < -0.39 is 69.2 Å². The number of aromatic hydroxyl groups is 5. The van der Waals surface area contributed by atoms with E-state index in [-0.39, 0.29) is 81.7 Å². The molecule has 0 amide bonds. The first-order valence-electron chi connectivity index (χ1n) is 20.7. The van der Waals surface area contributed by atoms with Crippen molar-refractivity contribution >= 4 is 58.9 Å². The predicted molar refractivity (Wildman–Crippen MR) is 253 cm³/mol. The zero-order valence-electron chi connectivity index (χ0n) is 37.2. The highest BCUT2D eigenvalue weighted by Gasteiger charge is 2.42. The van der Waals surface area contributed by atoms with Crippen LogP contribution < -0.4 is 0 Å². The van der Waals surface area contributed by atoms with Gasteiger partial charge in [0.1, 0.15) is 35.8 Å². The maximum absolute atomic E-state index is 12.7. The lowest BCUT2D eigenvalue weighted by atomic mass is 9.81. The largest absolute Gasteiger partial charge is 0.507 e. The van der Waals surface area contributed by atoms with Crippen LogP contribution in [0, 0.1) is 0 Å². The Balaban J connectivity index is 0.000000934. The molecule has 70 heavy (non-hydrogen) atoms. The van der Waals surface area contributed by atoms with E-state index >= 15 is 0 Å². The van der Waals surface area contributed by atoms with E-state index in [9.17, 15) is 51.5 Å². The van der Waals surface area contributed by atoms with Gasteiger partial charge in [-0.2, -0.15) is 21.4 Å². The number of nitrogens with zero attached hydrogens (tertiary/aromatic N) is 1. The summed E-state index contributed by atoms with van der Waals surface area (Å²) >= 11 is 0. The molecule has 0 aromatic heterocycles. The van der Waals surface area contributed by atoms with Crippen molar-refractivity contribution in [3.05, 3.63) is 170 Å². The van der Waals surface area contributed by atoms with Crippen molar-refractivity contribution in [3.63, 3.8) is 0 Å². The van der Waals surface area contributed by atoms with Crippen molar-refractivity contribution < 1.29 is 81.3 Å². The molecule has 2 aliphatic rings. The van der Waals surface area contributed by atoms with Crippen LogP contribution in [-0.4, -0.2) is 94.1 Å². The number of allylic oxidation sites excluding steroid dienone is 1. The summed E-state index contributed by atoms with van der Waals surface area (Å²) in [6.07, 6.45) is 3.03. The van der Waals surface area contributed by atoms with Gasteiger partial charge >= 0.3 is 21.2 Å². The molecule has 0 atom stereocenters. The number of hydrogen-bond donors (Lipinski definition) is 7. The van der Waals surface area contributed by atoms with Crippen LogP contribution in [0.1, 0.15) is 80.6 Å². The van der Waals surface area contributed by atoms with Crippen LogP contribution in [0.3, 0.4) is 0 Å². The average Bonchev–Trinajstić information content (AvgIpc) is 3.45. The molecular weight excluding hydrogens is 991 g/mol. The van der Waals surface area contributed by atoms with Gasteiger partial charge in [-0.1, -0.05) is 54.6 Å². The molecular formula is C48H44NO17S4+. The zero-order valence-corrected chi connectivity index (χ0v) is 40.5. The van der Waals surface area contributed by atoms with Gasteiger partial charge in [0.2, 0.25) is 5.69 Å². The lowest BCUT2D eigenvalue weighted by molar-refractivity contribution is -0.401. The quantitative estimate of drug-likeness (QED) is 0.0823. The molecule has 22 heteroatoms. The Kier molecular flexibility index (Phi) is 15.2. The van der Waals surface area contributed by atoms with Gasteiger partial charge in [0.05, 0.1) is 15.2 Å². The van der Waals surface area contributed by atoms with Gasteiger partial charge in [-0.15, -0.1) is 25.3 Å². The normalized spacial score (nSPS) is 14.1. The molecule has 6 aromatic rings. The summed E-state index contributed by atoms with van der Waals surface area (Å²) in [5.74, 6) is -1.40. The van der Waals surface area contributed by atoms with Crippen molar-refractivity contribution in [1.29, 1.82) is 0 Å². The second-order valence-electron chi connectivity index (χ2n) is 16.9. The van der Waals surface area contributed by atoms with Gasteiger partial charge in [-0.25, -0.2) is 0 Å². The molecule has 7 N–H and O–H groups in total. The number of phenolic OH excluding ortho intramolecular Hbond substituents is 5. The lowest BCUT2D eigenvalue weighted by Crippen LogP contribution is -2.26. The Morgan fingerprint density at radius 1 is 0.471 bits per heavy atom. The first-order chi connectivity index (χ1) is 32.7. The molecule has 1 heterocycles. The summed E-state index contributed by atoms with van der Waals surface area (Å²) in [5, 5.41) is 58.6. The molecule has 0 unspecified atom stereocenters. The van der Waals surface area contributed by atoms with Crippen molar-refractivity contribution in [1.82, 2.24) is 0 Å². The van der Waals surface area contributed by atoms with Crippen molar-refractivity contribution in [2.45, 2.75) is 61.2 Å². The second kappa shape index (κ2) is 20.4. The predicted octanol–water partition coefficient (Wildman–Crippen LogP) is 5.69. The molecule has 0 saturated carbocycles. The molecule has 0 spiro atoms. The van der Waals surface area contributed by atoms with Gasteiger partial charge in [0.25, 0.3) is 20.2 Å². The van der Waals surface area contributed by atoms with Gasteiger partial charge < -0.3 is 25.5 Å². The van der Waals surface area contributed by atoms with E-state index in [0.717, 1.165) is 41.2 Å². The number of rotatable bonds is 4. The minimum absolute atomic E-state index is 0.0241. The zero-order chi connectivity index (χ0) is 51.6. The SMILES string of the molecule is C[N+]1=C(/C=C/c2cc3c(O)c(c2)Cc2cc(S(=O)(=O)O)cc(c2O)Cc2cc(S(=O)(=O)O)cc(c2O)Cc2cccc(c2O)Cc2cccc(c2O)C3)C(C)(C)c2ccccc21.O=S(=O)=O.O=S(=O)=O. The summed E-state index contributed by atoms with van der Waals surface area (Å²) < 4.78 is 124. The monoisotopic (exact) mass is 1030 g/mol. The Bertz CT molecular complexity index is 3600. The Morgan fingerprint density at radius 2 is 0.771 bits per heavy atom. The summed E-state index contributed by atoms with van der Waals surface area (Å²) in [5.41, 5.74) is 5.39. The molecule has 366 valence electrons. The first-order valence-corrected chi connectivity index (χ1v) is 25.6. The van der Waals surface area contributed by atoms with Crippen LogP contribution in [0.25, 0.3) is 6.08 Å². The first kappa shape index (κ1) is 52.2. The molecule has 0 radical (unpaired) electrons.